The van der Waals surface area contributed by atoms with Gasteiger partial charge in [-0.2, -0.15) is 0 Å². The molecular weight excluding hydrogens is 272 g/mol. The van der Waals surface area contributed by atoms with Gasteiger partial charge in [0.1, 0.15) is 11.5 Å². The van der Waals surface area contributed by atoms with Crippen molar-refractivity contribution in [2.75, 3.05) is 26.5 Å². The van der Waals surface area contributed by atoms with Gasteiger partial charge in [-0.15, -0.1) is 0 Å². The van der Waals surface area contributed by atoms with Crippen LogP contribution in [0.15, 0.2) is 12.1 Å². The molecule has 1 aromatic rings. The lowest BCUT2D eigenvalue weighted by Crippen LogP contribution is -2.32. The number of nitrogens with two attached hydrogens (primary N) is 1. The van der Waals surface area contributed by atoms with E-state index in [0.29, 0.717) is 23.6 Å². The molecule has 1 aromatic carbocycles. The second-order valence-electron chi connectivity index (χ2n) is 5.26. The maximum Gasteiger partial charge on any atom is 0.253 e. The molecule has 1 saturated carbocycles. The van der Waals surface area contributed by atoms with E-state index in [1.165, 1.54) is 14.2 Å². The number of nitrogens with one attached hydrogen (secondary N) is 1. The number of nitrogen functional groups attached to an aromatic ring is 1. The number of amides is 1. The molecule has 21 heavy (non-hydrogen) atoms. The second kappa shape index (κ2) is 6.67. The monoisotopic (exact) mass is 294 g/mol. The molecule has 1 aliphatic carbocycles. The van der Waals surface area contributed by atoms with Gasteiger partial charge in [-0.1, -0.05) is 6.42 Å². The van der Waals surface area contributed by atoms with Crippen LogP contribution in [0.1, 0.15) is 29.6 Å². The van der Waals surface area contributed by atoms with Crippen molar-refractivity contribution in [2.45, 2.75) is 25.4 Å². The highest BCUT2D eigenvalue weighted by molar-refractivity contribution is 6.00. The van der Waals surface area contributed by atoms with Gasteiger partial charge in [-0.05, 0) is 18.9 Å². The van der Waals surface area contributed by atoms with Crippen LogP contribution in [0.3, 0.4) is 0 Å². The van der Waals surface area contributed by atoms with Crippen molar-refractivity contribution in [2.24, 2.45) is 5.92 Å². The molecule has 6 nitrogen and oxygen atoms in total. The topological polar surface area (TPSA) is 93.8 Å². The van der Waals surface area contributed by atoms with Crippen LogP contribution in [0.4, 0.5) is 5.69 Å². The minimum absolute atomic E-state index is 0.114. The molecule has 2 atom stereocenters. The predicted octanol–water partition coefficient (Wildman–Crippen LogP) is 1.18. The van der Waals surface area contributed by atoms with Crippen LogP contribution < -0.4 is 20.5 Å². The van der Waals surface area contributed by atoms with E-state index in [1.54, 1.807) is 12.1 Å². The first-order chi connectivity index (χ1) is 10.1. The third-order valence-electron chi connectivity index (χ3n) is 3.96. The Morgan fingerprint density at radius 3 is 2.71 bits per heavy atom. The maximum absolute atomic E-state index is 12.3. The van der Waals surface area contributed by atoms with E-state index < -0.39 is 0 Å². The van der Waals surface area contributed by atoms with E-state index in [9.17, 15) is 9.90 Å². The summed E-state index contributed by atoms with van der Waals surface area (Å²) in [6, 6.07) is 3.21. The SMILES string of the molecule is COc1cc(OC)c(N)c(C(=O)NCC2CCCC2O)c1. The lowest BCUT2D eigenvalue weighted by atomic mass is 10.1. The van der Waals surface area contributed by atoms with E-state index >= 15 is 0 Å². The van der Waals surface area contributed by atoms with Crippen LogP contribution in [-0.4, -0.2) is 37.9 Å². The highest BCUT2D eigenvalue weighted by Crippen LogP contribution is 2.31. The fourth-order valence-corrected chi connectivity index (χ4v) is 2.65. The van der Waals surface area contributed by atoms with Crippen LogP contribution >= 0.6 is 0 Å². The van der Waals surface area contributed by atoms with Gasteiger partial charge in [0.15, 0.2) is 0 Å². The summed E-state index contributed by atoms with van der Waals surface area (Å²) in [7, 11) is 3.00. The van der Waals surface area contributed by atoms with Gasteiger partial charge in [-0.3, -0.25) is 4.79 Å². The van der Waals surface area contributed by atoms with Crippen LogP contribution in [0.25, 0.3) is 0 Å². The molecule has 4 N–H and O–H groups in total. The molecule has 0 aromatic heterocycles. The molecule has 1 amide bonds. The zero-order valence-electron chi connectivity index (χ0n) is 12.4. The first kappa shape index (κ1) is 15.4. The number of ether oxygens (including phenoxy) is 2. The normalized spacial score (nSPS) is 21.1. The average Bonchev–Trinajstić information content (AvgIpc) is 2.90. The zero-order valence-corrected chi connectivity index (χ0v) is 12.4. The van der Waals surface area contributed by atoms with Crippen molar-refractivity contribution in [3.05, 3.63) is 17.7 Å². The number of benzene rings is 1. The van der Waals surface area contributed by atoms with E-state index in [0.717, 1.165) is 19.3 Å². The molecule has 0 spiro atoms. The fourth-order valence-electron chi connectivity index (χ4n) is 2.65. The fraction of sp³-hybridized carbons (Fsp3) is 0.533. The van der Waals surface area contributed by atoms with E-state index in [-0.39, 0.29) is 23.6 Å². The van der Waals surface area contributed by atoms with Gasteiger partial charge in [-0.25, -0.2) is 0 Å². The number of aliphatic hydroxyl groups excluding tert-OH is 1. The number of methoxy groups -OCH3 is 2. The van der Waals surface area contributed by atoms with Gasteiger partial charge in [0.25, 0.3) is 5.91 Å². The smallest absolute Gasteiger partial charge is 0.253 e. The lowest BCUT2D eigenvalue weighted by Gasteiger charge is -2.16. The molecule has 2 rings (SSSR count). The van der Waals surface area contributed by atoms with Crippen molar-refractivity contribution in [1.82, 2.24) is 5.32 Å². The molecule has 0 aliphatic heterocycles. The van der Waals surface area contributed by atoms with Crippen LogP contribution in [-0.2, 0) is 0 Å². The number of anilines is 1. The summed E-state index contributed by atoms with van der Waals surface area (Å²) in [5.41, 5.74) is 6.54. The summed E-state index contributed by atoms with van der Waals surface area (Å²) in [4.78, 5) is 12.3. The van der Waals surface area contributed by atoms with Crippen molar-refractivity contribution < 1.29 is 19.4 Å². The summed E-state index contributed by atoms with van der Waals surface area (Å²) < 4.78 is 10.3. The summed E-state index contributed by atoms with van der Waals surface area (Å²) in [5.74, 6) is 0.735. The molecular formula is C15H22N2O4. The molecule has 0 saturated heterocycles. The van der Waals surface area contributed by atoms with Gasteiger partial charge in [0, 0.05) is 18.5 Å². The molecule has 6 heteroatoms. The van der Waals surface area contributed by atoms with Crippen molar-refractivity contribution >= 4 is 11.6 Å². The Kier molecular flexibility index (Phi) is 4.90. The lowest BCUT2D eigenvalue weighted by molar-refractivity contribution is 0.0917. The van der Waals surface area contributed by atoms with Crippen molar-refractivity contribution in [3.63, 3.8) is 0 Å². The standard InChI is InChI=1S/C15H22N2O4/c1-20-10-6-11(14(16)13(7-10)21-2)15(19)17-8-9-4-3-5-12(9)18/h6-7,9,12,18H,3-5,8,16H2,1-2H3,(H,17,19). The Morgan fingerprint density at radius 1 is 1.38 bits per heavy atom. The first-order valence-corrected chi connectivity index (χ1v) is 7.04. The zero-order chi connectivity index (χ0) is 15.4. The minimum Gasteiger partial charge on any atom is -0.497 e. The van der Waals surface area contributed by atoms with Crippen LogP contribution in [0, 0.1) is 5.92 Å². The summed E-state index contributed by atoms with van der Waals surface area (Å²) in [6.45, 7) is 0.443. The molecule has 2 unspecified atom stereocenters. The molecule has 116 valence electrons. The van der Waals surface area contributed by atoms with Crippen molar-refractivity contribution in [3.8, 4) is 11.5 Å². The summed E-state index contributed by atoms with van der Waals surface area (Å²) in [6.07, 6.45) is 2.40. The van der Waals surface area contributed by atoms with E-state index in [4.69, 9.17) is 15.2 Å². The number of aliphatic hydroxyl groups is 1. The Balaban J connectivity index is 2.11. The van der Waals surface area contributed by atoms with Crippen molar-refractivity contribution in [1.29, 1.82) is 0 Å². The summed E-state index contributed by atoms with van der Waals surface area (Å²) >= 11 is 0. The Bertz CT molecular complexity index is 519. The molecule has 0 radical (unpaired) electrons. The molecule has 0 bridgehead atoms. The number of hydrogen-bond donors (Lipinski definition) is 3. The third-order valence-corrected chi connectivity index (χ3v) is 3.96. The Hall–Kier alpha value is -1.95. The van der Waals surface area contributed by atoms with E-state index in [1.807, 2.05) is 0 Å². The minimum atomic E-state index is -0.331. The Morgan fingerprint density at radius 2 is 2.14 bits per heavy atom. The number of carbonyl (C=O) groups excluding carboxylic acids is 1. The van der Waals surface area contributed by atoms with Gasteiger partial charge in [0.05, 0.1) is 31.6 Å². The highest BCUT2D eigenvalue weighted by Gasteiger charge is 2.26. The number of rotatable bonds is 5. The third kappa shape index (κ3) is 3.39. The van der Waals surface area contributed by atoms with E-state index in [2.05, 4.69) is 5.32 Å². The first-order valence-electron chi connectivity index (χ1n) is 7.04. The van der Waals surface area contributed by atoms with Gasteiger partial charge in [0.2, 0.25) is 0 Å². The number of hydrogen-bond acceptors (Lipinski definition) is 5. The highest BCUT2D eigenvalue weighted by atomic mass is 16.5. The second-order valence-corrected chi connectivity index (χ2v) is 5.26. The number of carbonyl (C=O) groups is 1. The quantitative estimate of drug-likeness (QED) is 0.709. The molecule has 1 aliphatic rings. The largest absolute Gasteiger partial charge is 0.497 e. The van der Waals surface area contributed by atoms with Crippen LogP contribution in [0.5, 0.6) is 11.5 Å². The van der Waals surface area contributed by atoms with Gasteiger partial charge >= 0.3 is 0 Å². The van der Waals surface area contributed by atoms with Crippen LogP contribution in [0.2, 0.25) is 0 Å². The maximum atomic E-state index is 12.3. The predicted molar refractivity (Wildman–Crippen MR) is 79.6 cm³/mol. The Labute approximate surface area is 124 Å². The molecule has 0 heterocycles. The molecule has 1 fully saturated rings. The summed E-state index contributed by atoms with van der Waals surface area (Å²) in [5, 5.41) is 12.6. The van der Waals surface area contributed by atoms with Gasteiger partial charge < -0.3 is 25.6 Å². The average molecular weight is 294 g/mol.